The van der Waals surface area contributed by atoms with E-state index in [-0.39, 0.29) is 5.41 Å². The number of rotatable bonds is 5. The molecule has 1 atom stereocenters. The van der Waals surface area contributed by atoms with Gasteiger partial charge in [-0.05, 0) is 18.8 Å². The molecule has 10 heteroatoms. The number of hydrogen-bond acceptors (Lipinski definition) is 5. The monoisotopic (exact) mass is 413 g/mol. The Morgan fingerprint density at radius 3 is 2.14 bits per heavy atom. The lowest BCUT2D eigenvalue weighted by Crippen LogP contribution is -2.55. The maximum absolute atomic E-state index is 13.0. The average molecular weight is 414 g/mol. The van der Waals surface area contributed by atoms with Gasteiger partial charge < -0.3 is 24.8 Å². The quantitative estimate of drug-likeness (QED) is 0.504. The van der Waals surface area contributed by atoms with Crippen molar-refractivity contribution in [3.05, 3.63) is 0 Å². The molecule has 0 radical (unpaired) electrons. The van der Waals surface area contributed by atoms with Crippen LogP contribution in [0.2, 0.25) is 0 Å². The Labute approximate surface area is 172 Å². The van der Waals surface area contributed by atoms with Crippen molar-refractivity contribution in [3.63, 3.8) is 0 Å². The van der Waals surface area contributed by atoms with Crippen molar-refractivity contribution in [2.45, 2.75) is 40.2 Å². The Morgan fingerprint density at radius 2 is 1.66 bits per heavy atom. The number of nitrogens with one attached hydrogen (secondary N) is 1. The van der Waals surface area contributed by atoms with Crippen LogP contribution in [-0.2, 0) is 14.3 Å². The Kier molecular flexibility index (Phi) is 8.66. The molecule has 0 aromatic rings. The molecular weight excluding hydrogens is 378 g/mol. The molecule has 2 fully saturated rings. The van der Waals surface area contributed by atoms with E-state index >= 15 is 0 Å². The maximum atomic E-state index is 13.0. The minimum atomic E-state index is -0.964. The minimum Gasteiger partial charge on any atom is -0.480 e. The highest BCUT2D eigenvalue weighted by Gasteiger charge is 2.29. The summed E-state index contributed by atoms with van der Waals surface area (Å²) in [6, 6.07) is -1.26. The van der Waals surface area contributed by atoms with Crippen LogP contribution in [0.3, 0.4) is 0 Å². The van der Waals surface area contributed by atoms with Crippen LogP contribution in [0.15, 0.2) is 4.99 Å². The van der Waals surface area contributed by atoms with E-state index in [4.69, 9.17) is 9.47 Å². The third kappa shape index (κ3) is 7.45. The number of urea groups is 1. The summed E-state index contributed by atoms with van der Waals surface area (Å²) in [4.78, 5) is 31.0. The number of ether oxygens (including phenoxy) is 2. The molecule has 0 spiro atoms. The van der Waals surface area contributed by atoms with Crippen molar-refractivity contribution in [2.75, 3.05) is 59.2 Å². The molecule has 29 heavy (non-hydrogen) atoms. The number of morpholine rings is 2. The molecule has 2 saturated heterocycles. The summed E-state index contributed by atoms with van der Waals surface area (Å²) < 4.78 is 10.8. The first-order valence-electron chi connectivity index (χ1n) is 10.3. The Bertz CT molecular complexity index is 580. The number of guanidine groups is 1. The van der Waals surface area contributed by atoms with Crippen LogP contribution in [0.5, 0.6) is 0 Å². The van der Waals surface area contributed by atoms with E-state index in [9.17, 15) is 14.7 Å². The number of aliphatic imine (C=N–C) groups is 1. The second-order valence-electron chi connectivity index (χ2n) is 8.40. The van der Waals surface area contributed by atoms with Crippen molar-refractivity contribution in [1.29, 1.82) is 0 Å². The van der Waals surface area contributed by atoms with Crippen LogP contribution in [0, 0.1) is 5.41 Å². The molecule has 0 aromatic carbocycles. The Hall–Kier alpha value is -1.91. The van der Waals surface area contributed by atoms with E-state index in [1.54, 1.807) is 5.01 Å². The molecule has 2 rings (SSSR count). The van der Waals surface area contributed by atoms with Gasteiger partial charge in [0.15, 0.2) is 0 Å². The van der Waals surface area contributed by atoms with Crippen molar-refractivity contribution in [1.82, 2.24) is 20.2 Å². The molecule has 2 aliphatic rings. The second-order valence-corrected chi connectivity index (χ2v) is 8.40. The second kappa shape index (κ2) is 10.7. The summed E-state index contributed by atoms with van der Waals surface area (Å²) in [5.74, 6) is -0.671. The molecule has 0 aliphatic carbocycles. The lowest BCUT2D eigenvalue weighted by molar-refractivity contribution is -0.139. The van der Waals surface area contributed by atoms with Gasteiger partial charge in [0.2, 0.25) is 5.96 Å². The first-order valence-corrected chi connectivity index (χ1v) is 10.3. The molecule has 166 valence electrons. The average Bonchev–Trinajstić information content (AvgIpc) is 2.68. The van der Waals surface area contributed by atoms with Crippen molar-refractivity contribution in [3.8, 4) is 0 Å². The zero-order valence-corrected chi connectivity index (χ0v) is 18.0. The molecule has 10 nitrogen and oxygen atoms in total. The van der Waals surface area contributed by atoms with E-state index in [0.717, 1.165) is 0 Å². The van der Waals surface area contributed by atoms with Crippen LogP contribution in [-0.4, -0.2) is 103 Å². The molecule has 2 heterocycles. The van der Waals surface area contributed by atoms with Gasteiger partial charge >= 0.3 is 12.0 Å². The number of carboxylic acid groups (broad SMARTS) is 1. The lowest BCUT2D eigenvalue weighted by Gasteiger charge is -2.36. The van der Waals surface area contributed by atoms with Gasteiger partial charge in [0.25, 0.3) is 0 Å². The number of hydrazine groups is 1. The third-order valence-corrected chi connectivity index (χ3v) is 4.78. The van der Waals surface area contributed by atoms with Gasteiger partial charge in [0, 0.05) is 32.7 Å². The molecule has 2 N–H and O–H groups in total. The lowest BCUT2D eigenvalue weighted by atomic mass is 9.88. The van der Waals surface area contributed by atoms with Gasteiger partial charge in [-0.2, -0.15) is 4.99 Å². The Morgan fingerprint density at radius 1 is 1.10 bits per heavy atom. The number of aliphatic carboxylic acids is 1. The summed E-state index contributed by atoms with van der Waals surface area (Å²) in [6.45, 7) is 12.8. The fourth-order valence-corrected chi connectivity index (χ4v) is 3.34. The van der Waals surface area contributed by atoms with Gasteiger partial charge in [-0.15, -0.1) is 0 Å². The minimum absolute atomic E-state index is 0.195. The van der Waals surface area contributed by atoms with E-state index in [2.05, 4.69) is 10.3 Å². The molecular formula is C19H35N5O5. The number of hydrogen-bond donors (Lipinski definition) is 2. The smallest absolute Gasteiger partial charge is 0.361 e. The van der Waals surface area contributed by atoms with Gasteiger partial charge in [-0.25, -0.2) is 14.6 Å². The van der Waals surface area contributed by atoms with E-state index < -0.39 is 18.0 Å². The third-order valence-electron chi connectivity index (χ3n) is 4.78. The summed E-state index contributed by atoms with van der Waals surface area (Å²) in [5, 5.41) is 16.2. The highest BCUT2D eigenvalue weighted by atomic mass is 16.5. The van der Waals surface area contributed by atoms with E-state index in [1.165, 1.54) is 0 Å². The topological polar surface area (TPSA) is 107 Å². The fraction of sp³-hybridized carbons (Fsp3) is 0.842. The standard InChI is InChI=1S/C19H35N5O5/c1-5-24(23-8-12-29-13-9-23)18(27)21-17(22-6-10-28-11-7-22)20-15(16(25)26)14-19(2,3)4/h15H,5-14H2,1-4H3,(H,25,26)(H,20,21,27). The van der Waals surface area contributed by atoms with Gasteiger partial charge in [0.05, 0.1) is 26.4 Å². The molecule has 2 aliphatic heterocycles. The molecule has 0 saturated carbocycles. The zero-order valence-electron chi connectivity index (χ0n) is 18.0. The number of carboxylic acids is 1. The van der Waals surface area contributed by atoms with Crippen molar-refractivity contribution >= 4 is 18.0 Å². The van der Waals surface area contributed by atoms with Gasteiger partial charge in [-0.3, -0.25) is 5.01 Å². The molecule has 0 aromatic heterocycles. The number of carbonyl (C=O) groups excluding carboxylic acids is 1. The largest absolute Gasteiger partial charge is 0.480 e. The van der Waals surface area contributed by atoms with E-state index in [1.807, 2.05) is 37.6 Å². The SMILES string of the molecule is CCN(C(=O)N=C(NC(CC(C)(C)C)C(=O)O)N1CCOCC1)N1CCOCC1. The summed E-state index contributed by atoms with van der Waals surface area (Å²) in [7, 11) is 0. The maximum Gasteiger partial charge on any atom is 0.361 e. The van der Waals surface area contributed by atoms with Crippen molar-refractivity contribution in [2.24, 2.45) is 10.4 Å². The van der Waals surface area contributed by atoms with Gasteiger partial charge in [0.1, 0.15) is 6.04 Å². The first-order chi connectivity index (χ1) is 13.7. The van der Waals surface area contributed by atoms with Crippen molar-refractivity contribution < 1.29 is 24.2 Å². The van der Waals surface area contributed by atoms with E-state index in [0.29, 0.717) is 71.5 Å². The Balaban J connectivity index is 2.22. The number of nitrogens with zero attached hydrogens (tertiary/aromatic N) is 4. The first kappa shape index (κ1) is 23.4. The zero-order chi connectivity index (χ0) is 21.4. The predicted octanol–water partition coefficient (Wildman–Crippen LogP) is 0.843. The van der Waals surface area contributed by atoms with Crippen LogP contribution < -0.4 is 5.32 Å². The highest BCUT2D eigenvalue weighted by molar-refractivity contribution is 5.94. The van der Waals surface area contributed by atoms with Gasteiger partial charge in [-0.1, -0.05) is 20.8 Å². The van der Waals surface area contributed by atoms with Crippen LogP contribution in [0.25, 0.3) is 0 Å². The van der Waals surface area contributed by atoms with Crippen LogP contribution >= 0.6 is 0 Å². The predicted molar refractivity (Wildman–Crippen MR) is 109 cm³/mol. The molecule has 0 bridgehead atoms. The number of amides is 2. The summed E-state index contributed by atoms with van der Waals surface area (Å²) in [6.07, 6.45) is 0.404. The fourth-order valence-electron chi connectivity index (χ4n) is 3.34. The molecule has 2 amide bonds. The summed E-state index contributed by atoms with van der Waals surface area (Å²) >= 11 is 0. The van der Waals surface area contributed by atoms with Crippen LogP contribution in [0.4, 0.5) is 4.79 Å². The normalized spacial score (nSPS) is 20.3. The van der Waals surface area contributed by atoms with Crippen LogP contribution in [0.1, 0.15) is 34.1 Å². The summed E-state index contributed by atoms with van der Waals surface area (Å²) in [5.41, 5.74) is -0.195. The highest BCUT2D eigenvalue weighted by Crippen LogP contribution is 2.21. The molecule has 1 unspecified atom stereocenters. The number of carbonyl (C=O) groups is 2.